The van der Waals surface area contributed by atoms with Crippen LogP contribution in [0.25, 0.3) is 0 Å². The van der Waals surface area contributed by atoms with Crippen LogP contribution >= 0.6 is 11.6 Å². The Bertz CT molecular complexity index is 377. The van der Waals surface area contributed by atoms with Gasteiger partial charge in [-0.1, -0.05) is 0 Å². The first kappa shape index (κ1) is 12.3. The second-order valence-electron chi connectivity index (χ2n) is 3.90. The first-order valence-electron chi connectivity index (χ1n) is 5.55. The van der Waals surface area contributed by atoms with Gasteiger partial charge in [0, 0.05) is 19.1 Å². The van der Waals surface area contributed by atoms with E-state index in [0.29, 0.717) is 11.6 Å². The van der Waals surface area contributed by atoms with E-state index in [0.717, 1.165) is 31.9 Å². The van der Waals surface area contributed by atoms with E-state index in [-0.39, 0.29) is 11.8 Å². The lowest BCUT2D eigenvalue weighted by molar-refractivity contribution is -0.113. The maximum atomic E-state index is 11.1. The molecule has 1 aromatic rings. The fourth-order valence-corrected chi connectivity index (χ4v) is 1.83. The van der Waals surface area contributed by atoms with E-state index in [1.807, 2.05) is 0 Å². The van der Waals surface area contributed by atoms with Gasteiger partial charge in [0.05, 0.1) is 18.1 Å². The number of nitrogens with one attached hydrogen (secondary N) is 1. The number of nitrogens with zero attached hydrogens (tertiary/aromatic N) is 2. The van der Waals surface area contributed by atoms with E-state index in [9.17, 15) is 4.79 Å². The number of anilines is 1. The molecule has 0 bridgehead atoms. The SMILES string of the molecule is O=C(CCl)Nc1cnc(C2CCOCC2)nc1. The molecule has 0 aromatic carbocycles. The van der Waals surface area contributed by atoms with Crippen molar-refractivity contribution in [2.24, 2.45) is 0 Å². The number of amides is 1. The highest BCUT2D eigenvalue weighted by Gasteiger charge is 2.18. The van der Waals surface area contributed by atoms with Gasteiger partial charge in [-0.3, -0.25) is 4.79 Å². The molecule has 1 saturated heterocycles. The molecule has 0 atom stereocenters. The molecule has 1 aliphatic heterocycles. The minimum atomic E-state index is -0.255. The molecule has 5 nitrogen and oxygen atoms in total. The lowest BCUT2D eigenvalue weighted by Gasteiger charge is -2.20. The van der Waals surface area contributed by atoms with Crippen LogP contribution in [0.2, 0.25) is 0 Å². The highest BCUT2D eigenvalue weighted by molar-refractivity contribution is 6.29. The summed E-state index contributed by atoms with van der Waals surface area (Å²) in [5.74, 6) is 0.856. The van der Waals surface area contributed by atoms with E-state index in [2.05, 4.69) is 15.3 Å². The molecule has 0 aliphatic carbocycles. The second kappa shape index (κ2) is 5.93. The molecule has 17 heavy (non-hydrogen) atoms. The zero-order valence-electron chi connectivity index (χ0n) is 9.36. The van der Waals surface area contributed by atoms with Crippen LogP contribution in [0.3, 0.4) is 0 Å². The van der Waals surface area contributed by atoms with Crippen LogP contribution in [0.15, 0.2) is 12.4 Å². The van der Waals surface area contributed by atoms with Crippen LogP contribution in [-0.2, 0) is 9.53 Å². The monoisotopic (exact) mass is 255 g/mol. The van der Waals surface area contributed by atoms with Gasteiger partial charge in [0.1, 0.15) is 11.7 Å². The Morgan fingerprint density at radius 2 is 2.06 bits per heavy atom. The third-order valence-corrected chi connectivity index (χ3v) is 2.91. The van der Waals surface area contributed by atoms with Crippen molar-refractivity contribution < 1.29 is 9.53 Å². The fraction of sp³-hybridized carbons (Fsp3) is 0.545. The first-order valence-corrected chi connectivity index (χ1v) is 6.08. The normalized spacial score (nSPS) is 16.8. The van der Waals surface area contributed by atoms with Crippen LogP contribution in [0.4, 0.5) is 5.69 Å². The molecule has 1 aliphatic rings. The number of carbonyl (C=O) groups is 1. The van der Waals surface area contributed by atoms with Gasteiger partial charge in [-0.2, -0.15) is 0 Å². The number of carbonyl (C=O) groups excluding carboxylic acids is 1. The average Bonchev–Trinajstić information content (AvgIpc) is 2.40. The highest BCUT2D eigenvalue weighted by Crippen LogP contribution is 2.23. The largest absolute Gasteiger partial charge is 0.381 e. The van der Waals surface area contributed by atoms with Crippen LogP contribution < -0.4 is 5.32 Å². The van der Waals surface area contributed by atoms with Crippen molar-refractivity contribution in [2.75, 3.05) is 24.4 Å². The van der Waals surface area contributed by atoms with Gasteiger partial charge in [0.25, 0.3) is 0 Å². The van der Waals surface area contributed by atoms with Crippen LogP contribution in [0, 0.1) is 0 Å². The summed E-state index contributed by atoms with van der Waals surface area (Å²) in [6.45, 7) is 1.53. The molecule has 0 saturated carbocycles. The predicted molar refractivity (Wildman–Crippen MR) is 64.2 cm³/mol. The molecular weight excluding hydrogens is 242 g/mol. The minimum absolute atomic E-state index is 0.0677. The van der Waals surface area contributed by atoms with Gasteiger partial charge in [-0.15, -0.1) is 11.6 Å². The molecule has 1 fully saturated rings. The van der Waals surface area contributed by atoms with Crippen LogP contribution in [0.5, 0.6) is 0 Å². The van der Waals surface area contributed by atoms with E-state index >= 15 is 0 Å². The Labute approximate surface area is 105 Å². The molecule has 2 rings (SSSR count). The maximum absolute atomic E-state index is 11.1. The standard InChI is InChI=1S/C11H14ClN3O2/c12-5-10(16)15-9-6-13-11(14-7-9)8-1-3-17-4-2-8/h6-8H,1-5H2,(H,15,16). The summed E-state index contributed by atoms with van der Waals surface area (Å²) >= 11 is 5.39. The zero-order chi connectivity index (χ0) is 12.1. The Morgan fingerprint density at radius 3 is 2.65 bits per heavy atom. The number of rotatable bonds is 3. The second-order valence-corrected chi connectivity index (χ2v) is 4.17. The number of ether oxygens (including phenoxy) is 1. The van der Waals surface area contributed by atoms with E-state index < -0.39 is 0 Å². The van der Waals surface area contributed by atoms with Gasteiger partial charge < -0.3 is 10.1 Å². The van der Waals surface area contributed by atoms with Crippen molar-refractivity contribution in [3.63, 3.8) is 0 Å². The molecule has 6 heteroatoms. The molecule has 0 spiro atoms. The zero-order valence-corrected chi connectivity index (χ0v) is 10.1. The number of hydrogen-bond acceptors (Lipinski definition) is 4. The highest BCUT2D eigenvalue weighted by atomic mass is 35.5. The van der Waals surface area contributed by atoms with Gasteiger partial charge in [-0.25, -0.2) is 9.97 Å². The molecular formula is C11H14ClN3O2. The van der Waals surface area contributed by atoms with Crippen LogP contribution in [-0.4, -0.2) is 35.0 Å². The lowest BCUT2D eigenvalue weighted by Crippen LogP contribution is -2.17. The molecule has 92 valence electrons. The van der Waals surface area contributed by atoms with Crippen molar-refractivity contribution in [3.8, 4) is 0 Å². The topological polar surface area (TPSA) is 64.1 Å². The van der Waals surface area contributed by atoms with Crippen molar-refractivity contribution in [3.05, 3.63) is 18.2 Å². The van der Waals surface area contributed by atoms with Gasteiger partial charge in [-0.05, 0) is 12.8 Å². The number of aromatic nitrogens is 2. The summed E-state index contributed by atoms with van der Waals surface area (Å²) in [4.78, 5) is 19.6. The third-order valence-electron chi connectivity index (χ3n) is 2.66. The molecule has 2 heterocycles. The molecule has 1 amide bonds. The smallest absolute Gasteiger partial charge is 0.239 e. The van der Waals surface area contributed by atoms with Crippen LogP contribution in [0.1, 0.15) is 24.6 Å². The molecule has 0 unspecified atom stereocenters. The summed E-state index contributed by atoms with van der Waals surface area (Å²) in [5.41, 5.74) is 0.575. The molecule has 1 N–H and O–H groups in total. The number of halogens is 1. The van der Waals surface area contributed by atoms with Crippen molar-refractivity contribution in [2.45, 2.75) is 18.8 Å². The predicted octanol–water partition coefficient (Wildman–Crippen LogP) is 1.55. The van der Waals surface area contributed by atoms with E-state index in [4.69, 9.17) is 16.3 Å². The Kier molecular flexibility index (Phi) is 4.28. The van der Waals surface area contributed by atoms with E-state index in [1.54, 1.807) is 12.4 Å². The Morgan fingerprint density at radius 1 is 1.41 bits per heavy atom. The summed E-state index contributed by atoms with van der Waals surface area (Å²) in [5, 5.41) is 2.60. The van der Waals surface area contributed by atoms with Gasteiger partial charge in [0.2, 0.25) is 5.91 Å². The summed E-state index contributed by atoms with van der Waals surface area (Å²) < 4.78 is 5.28. The van der Waals surface area contributed by atoms with Crippen molar-refractivity contribution >= 4 is 23.2 Å². The number of alkyl halides is 1. The fourth-order valence-electron chi connectivity index (χ4n) is 1.76. The summed E-state index contributed by atoms with van der Waals surface area (Å²) in [6.07, 6.45) is 5.13. The van der Waals surface area contributed by atoms with Gasteiger partial charge >= 0.3 is 0 Å². The Balaban J connectivity index is 1.99. The summed E-state index contributed by atoms with van der Waals surface area (Å²) in [6, 6.07) is 0. The summed E-state index contributed by atoms with van der Waals surface area (Å²) in [7, 11) is 0. The third kappa shape index (κ3) is 3.38. The lowest BCUT2D eigenvalue weighted by atomic mass is 9.99. The number of hydrogen-bond donors (Lipinski definition) is 1. The molecule has 0 radical (unpaired) electrons. The minimum Gasteiger partial charge on any atom is -0.381 e. The van der Waals surface area contributed by atoms with Crippen molar-refractivity contribution in [1.82, 2.24) is 9.97 Å². The van der Waals surface area contributed by atoms with E-state index in [1.165, 1.54) is 0 Å². The average molecular weight is 256 g/mol. The van der Waals surface area contributed by atoms with Gasteiger partial charge in [0.15, 0.2) is 0 Å². The van der Waals surface area contributed by atoms with Crippen molar-refractivity contribution in [1.29, 1.82) is 0 Å². The maximum Gasteiger partial charge on any atom is 0.239 e. The Hall–Kier alpha value is -1.20. The quantitative estimate of drug-likeness (QED) is 0.833. The first-order chi connectivity index (χ1) is 8.29. The molecule has 1 aromatic heterocycles.